The van der Waals surface area contributed by atoms with Crippen LogP contribution in [0.1, 0.15) is 0 Å². The van der Waals surface area contributed by atoms with Crippen molar-refractivity contribution in [3.8, 4) is 22.3 Å². The van der Waals surface area contributed by atoms with E-state index in [4.69, 9.17) is 4.42 Å². The molecule has 0 bridgehead atoms. The largest absolute Gasteiger partial charge is 0.452 e. The summed E-state index contributed by atoms with van der Waals surface area (Å²) in [5.41, 5.74) is 5.47. The molecule has 0 radical (unpaired) electrons. The van der Waals surface area contributed by atoms with E-state index in [9.17, 15) is 4.39 Å². The molecule has 2 heteroatoms. The van der Waals surface area contributed by atoms with Gasteiger partial charge in [-0.05, 0) is 44.3 Å². The molecule has 0 atom stereocenters. The first kappa shape index (κ1) is 19.1. The summed E-state index contributed by atoms with van der Waals surface area (Å²) in [6.45, 7) is 0. The molecule has 0 amide bonds. The lowest BCUT2D eigenvalue weighted by atomic mass is 9.90. The molecule has 0 aliphatic heterocycles. The quantitative estimate of drug-likeness (QED) is 0.262. The van der Waals surface area contributed by atoms with Gasteiger partial charge in [-0.25, -0.2) is 4.39 Å². The summed E-state index contributed by atoms with van der Waals surface area (Å²) in [6, 6.07) is 38.9. The van der Waals surface area contributed by atoms with E-state index in [1.165, 1.54) is 33.4 Å². The molecule has 0 aliphatic carbocycles. The predicted molar refractivity (Wildman–Crippen MR) is 140 cm³/mol. The zero-order valence-corrected chi connectivity index (χ0v) is 18.3. The van der Waals surface area contributed by atoms with Crippen LogP contribution in [0.4, 0.5) is 4.39 Å². The van der Waals surface area contributed by atoms with Crippen molar-refractivity contribution in [3.05, 3.63) is 121 Å². The lowest BCUT2D eigenvalue weighted by molar-refractivity contribution is 0.584. The average molecular weight is 439 g/mol. The van der Waals surface area contributed by atoms with Crippen LogP contribution in [-0.2, 0) is 0 Å². The van der Waals surface area contributed by atoms with E-state index < -0.39 is 0 Å². The maximum atomic E-state index is 14.5. The zero-order chi connectivity index (χ0) is 22.6. The number of hydrogen-bond acceptors (Lipinski definition) is 1. The molecule has 0 unspecified atom stereocenters. The van der Waals surface area contributed by atoms with Gasteiger partial charge in [-0.3, -0.25) is 0 Å². The molecule has 0 saturated carbocycles. The highest BCUT2D eigenvalue weighted by atomic mass is 19.1. The summed E-state index contributed by atoms with van der Waals surface area (Å²) < 4.78 is 20.6. The first-order valence-corrected chi connectivity index (χ1v) is 11.4. The van der Waals surface area contributed by atoms with E-state index in [0.29, 0.717) is 11.2 Å². The van der Waals surface area contributed by atoms with Gasteiger partial charge in [0.1, 0.15) is 5.58 Å². The summed E-state index contributed by atoms with van der Waals surface area (Å²) in [4.78, 5) is 0. The van der Waals surface area contributed by atoms with E-state index in [1.54, 1.807) is 6.07 Å². The Balaban J connectivity index is 1.54. The normalized spacial score (nSPS) is 11.7. The summed E-state index contributed by atoms with van der Waals surface area (Å²) >= 11 is 0. The summed E-state index contributed by atoms with van der Waals surface area (Å²) in [5, 5.41) is 6.50. The second-order valence-electron chi connectivity index (χ2n) is 8.63. The molecule has 34 heavy (non-hydrogen) atoms. The van der Waals surface area contributed by atoms with Crippen LogP contribution in [0.3, 0.4) is 0 Å². The van der Waals surface area contributed by atoms with Crippen LogP contribution < -0.4 is 0 Å². The molecule has 1 aromatic heterocycles. The molecule has 1 nitrogen and oxygen atoms in total. The highest BCUT2D eigenvalue weighted by molar-refractivity contribution is 6.15. The average Bonchev–Trinajstić information content (AvgIpc) is 3.28. The molecule has 160 valence electrons. The molecule has 0 saturated heterocycles. The summed E-state index contributed by atoms with van der Waals surface area (Å²) in [6.07, 6.45) is 0. The minimum absolute atomic E-state index is 0.307. The smallest absolute Gasteiger partial charge is 0.171 e. The maximum absolute atomic E-state index is 14.5. The van der Waals surface area contributed by atoms with Crippen molar-refractivity contribution < 1.29 is 8.81 Å². The van der Waals surface area contributed by atoms with E-state index in [0.717, 1.165) is 27.3 Å². The van der Waals surface area contributed by atoms with Gasteiger partial charge < -0.3 is 4.42 Å². The number of fused-ring (bicyclic) bond motifs is 5. The number of rotatable bonds is 2. The molecule has 0 spiro atoms. The molecule has 0 aliphatic rings. The zero-order valence-electron chi connectivity index (χ0n) is 18.3. The predicted octanol–water partition coefficient (Wildman–Crippen LogP) is 9.37. The topological polar surface area (TPSA) is 13.1 Å². The van der Waals surface area contributed by atoms with Crippen LogP contribution in [0.2, 0.25) is 0 Å². The summed E-state index contributed by atoms with van der Waals surface area (Å²) in [5.74, 6) is -0.337. The number of para-hydroxylation sites is 2. The fourth-order valence-electron chi connectivity index (χ4n) is 5.23. The second kappa shape index (κ2) is 7.29. The van der Waals surface area contributed by atoms with Gasteiger partial charge in [-0.2, -0.15) is 0 Å². The number of halogens is 1. The van der Waals surface area contributed by atoms with Crippen LogP contribution in [-0.4, -0.2) is 0 Å². The van der Waals surface area contributed by atoms with Gasteiger partial charge in [0.05, 0.1) is 0 Å². The SMILES string of the molecule is Fc1cccc2c1oc1c(-c3ccc(-c4cccc5ccccc45)c4ccccc34)cccc12. The molecule has 6 aromatic carbocycles. The molecule has 7 aromatic rings. The third-order valence-corrected chi connectivity index (χ3v) is 6.77. The maximum Gasteiger partial charge on any atom is 0.171 e. The number of benzene rings is 6. The van der Waals surface area contributed by atoms with Crippen molar-refractivity contribution in [3.63, 3.8) is 0 Å². The van der Waals surface area contributed by atoms with E-state index in [-0.39, 0.29) is 5.82 Å². The van der Waals surface area contributed by atoms with Crippen molar-refractivity contribution >= 4 is 43.5 Å². The Morgan fingerprint density at radius 1 is 0.382 bits per heavy atom. The minimum atomic E-state index is -0.337. The molecular formula is C32H19FO. The Labute approximate surface area is 195 Å². The van der Waals surface area contributed by atoms with Gasteiger partial charge in [0.25, 0.3) is 0 Å². The van der Waals surface area contributed by atoms with Crippen molar-refractivity contribution in [1.82, 2.24) is 0 Å². The molecule has 0 N–H and O–H groups in total. The third kappa shape index (κ3) is 2.72. The van der Waals surface area contributed by atoms with Gasteiger partial charge in [0.2, 0.25) is 0 Å². The lowest BCUT2D eigenvalue weighted by Crippen LogP contribution is -1.87. The number of hydrogen-bond donors (Lipinski definition) is 0. The monoisotopic (exact) mass is 438 g/mol. The van der Waals surface area contributed by atoms with Crippen LogP contribution >= 0.6 is 0 Å². The van der Waals surface area contributed by atoms with Crippen molar-refractivity contribution in [2.24, 2.45) is 0 Å². The molecule has 1 heterocycles. The Hall–Kier alpha value is -4.43. The van der Waals surface area contributed by atoms with Crippen LogP contribution in [0, 0.1) is 5.82 Å². The Morgan fingerprint density at radius 2 is 0.882 bits per heavy atom. The third-order valence-electron chi connectivity index (χ3n) is 6.77. The van der Waals surface area contributed by atoms with E-state index >= 15 is 0 Å². The first-order valence-electron chi connectivity index (χ1n) is 11.4. The van der Waals surface area contributed by atoms with Gasteiger partial charge in [-0.15, -0.1) is 0 Å². The first-order chi connectivity index (χ1) is 16.8. The van der Waals surface area contributed by atoms with Crippen molar-refractivity contribution in [2.75, 3.05) is 0 Å². The highest BCUT2D eigenvalue weighted by Gasteiger charge is 2.17. The standard InChI is InChI=1S/C32H19FO/c33-30-17-7-16-29-28-15-6-14-27(31(28)34-32(29)30)26-19-18-25(23-11-3-4-12-24(23)26)22-13-5-9-20-8-1-2-10-21(20)22/h1-19H. The fourth-order valence-corrected chi connectivity index (χ4v) is 5.23. The van der Waals surface area contributed by atoms with Crippen LogP contribution in [0.15, 0.2) is 120 Å². The summed E-state index contributed by atoms with van der Waals surface area (Å²) in [7, 11) is 0. The Kier molecular flexibility index (Phi) is 4.09. The molecule has 7 rings (SSSR count). The lowest BCUT2D eigenvalue weighted by Gasteiger charge is -2.14. The number of furan rings is 1. The van der Waals surface area contributed by atoms with Gasteiger partial charge in [0.15, 0.2) is 11.4 Å². The molecule has 0 fully saturated rings. The van der Waals surface area contributed by atoms with Crippen molar-refractivity contribution in [1.29, 1.82) is 0 Å². The van der Waals surface area contributed by atoms with Gasteiger partial charge >= 0.3 is 0 Å². The van der Waals surface area contributed by atoms with E-state index in [2.05, 4.69) is 84.9 Å². The second-order valence-corrected chi connectivity index (χ2v) is 8.63. The van der Waals surface area contributed by atoms with Crippen LogP contribution in [0.25, 0.3) is 65.7 Å². The highest BCUT2D eigenvalue weighted by Crippen LogP contribution is 2.42. The van der Waals surface area contributed by atoms with Gasteiger partial charge in [-0.1, -0.05) is 109 Å². The van der Waals surface area contributed by atoms with E-state index in [1.807, 2.05) is 18.2 Å². The molecular weight excluding hydrogens is 419 g/mol. The Bertz CT molecular complexity index is 1870. The Morgan fingerprint density at radius 3 is 1.68 bits per heavy atom. The van der Waals surface area contributed by atoms with Crippen LogP contribution in [0.5, 0.6) is 0 Å². The fraction of sp³-hybridized carbons (Fsp3) is 0. The van der Waals surface area contributed by atoms with Crippen molar-refractivity contribution in [2.45, 2.75) is 0 Å². The van der Waals surface area contributed by atoms with Gasteiger partial charge in [0, 0.05) is 16.3 Å². The minimum Gasteiger partial charge on any atom is -0.452 e.